The van der Waals surface area contributed by atoms with Crippen LogP contribution in [0.3, 0.4) is 0 Å². The highest BCUT2D eigenvalue weighted by molar-refractivity contribution is 8.16. The Balaban J connectivity index is 0.00000266. The number of para-hydroxylation sites is 1. The first-order valence-electron chi connectivity index (χ1n) is 23.4. The van der Waals surface area contributed by atoms with Crippen LogP contribution in [0.5, 0.6) is 0 Å². The minimum atomic E-state index is 0.826. The van der Waals surface area contributed by atoms with Gasteiger partial charge in [0.2, 0.25) is 0 Å². The van der Waals surface area contributed by atoms with Gasteiger partial charge in [0.15, 0.2) is 0 Å². The van der Waals surface area contributed by atoms with Crippen LogP contribution >= 0.6 is 23.1 Å². The number of hydrogen-bond donors (Lipinski definition) is 0. The standard InChI is InChI=1S/C62H46N2S2.C2H6/c1-3-15-43(4-2)61-38-39-62(66-61)49-31-37-57-51(41-49)42-50-40-48(30-36-56(50)64(57)54-34-28-47(29-35-54)60-25-14-24-59(65-60)46-17-7-5-8-18-46)44-26-32-53(33-27-44)63(52-20-9-6-10-21-52)58-23-13-19-45-16-11-12-22-55(45)58;1-2/h3-13,15-41H,1-2,14,42H2;1-2H3/b43-15+;. The number of anilines is 6. The summed E-state index contributed by atoms with van der Waals surface area (Å²) < 4.78 is 0. The maximum absolute atomic E-state index is 4.05. The average molecular weight is 913 g/mol. The van der Waals surface area contributed by atoms with Gasteiger partial charge in [-0.05, 0) is 135 Å². The Morgan fingerprint density at radius 2 is 1.13 bits per heavy atom. The van der Waals surface area contributed by atoms with Crippen LogP contribution in [0.25, 0.3) is 47.7 Å². The molecule has 2 nitrogen and oxygen atoms in total. The number of thiophene rings is 1. The van der Waals surface area contributed by atoms with Crippen molar-refractivity contribution in [2.45, 2.75) is 26.7 Å². The zero-order chi connectivity index (χ0) is 46.4. The van der Waals surface area contributed by atoms with E-state index in [-0.39, 0.29) is 0 Å². The quantitative estimate of drug-likeness (QED) is 0.119. The van der Waals surface area contributed by atoms with Gasteiger partial charge in [0.05, 0.1) is 5.69 Å². The predicted molar refractivity (Wildman–Crippen MR) is 299 cm³/mol. The lowest BCUT2D eigenvalue weighted by atomic mass is 9.90. The molecule has 3 heterocycles. The van der Waals surface area contributed by atoms with E-state index < -0.39 is 0 Å². The molecule has 0 fully saturated rings. The largest absolute Gasteiger partial charge is 0.310 e. The Labute approximate surface area is 409 Å². The van der Waals surface area contributed by atoms with Crippen molar-refractivity contribution in [1.29, 1.82) is 0 Å². The molecule has 2 aliphatic heterocycles. The molecule has 4 heteroatoms. The highest BCUT2D eigenvalue weighted by Gasteiger charge is 2.26. The van der Waals surface area contributed by atoms with E-state index in [0.29, 0.717) is 0 Å². The van der Waals surface area contributed by atoms with E-state index in [9.17, 15) is 0 Å². The third kappa shape index (κ3) is 8.85. The highest BCUT2D eigenvalue weighted by atomic mass is 32.2. The van der Waals surface area contributed by atoms with E-state index in [2.05, 4.69) is 235 Å². The van der Waals surface area contributed by atoms with Gasteiger partial charge in [-0.25, -0.2) is 0 Å². The molecule has 9 aromatic rings. The van der Waals surface area contributed by atoms with Crippen LogP contribution in [-0.2, 0) is 6.42 Å². The number of rotatable bonds is 11. The molecular weight excluding hydrogens is 861 g/mol. The van der Waals surface area contributed by atoms with Crippen LogP contribution in [0.2, 0.25) is 0 Å². The Kier molecular flexibility index (Phi) is 13.1. The number of benzene rings is 8. The SMILES string of the molecule is C=C/C=C(\C=C)c1ccc(-c2ccc3c(c2)Cc2cc(-c4ccc(N(c5ccccc5)c5cccc6ccccc56)cc4)ccc2N3c2ccc(C3=CCC=C(c4ccccc4)S3)cc2)s1.CC. The minimum Gasteiger partial charge on any atom is -0.310 e. The minimum absolute atomic E-state index is 0.826. The molecule has 0 aliphatic carbocycles. The fourth-order valence-corrected chi connectivity index (χ4v) is 11.4. The summed E-state index contributed by atoms with van der Waals surface area (Å²) in [5.74, 6) is 0. The van der Waals surface area contributed by atoms with E-state index >= 15 is 0 Å². The summed E-state index contributed by atoms with van der Waals surface area (Å²) in [7, 11) is 0. The van der Waals surface area contributed by atoms with Gasteiger partial charge >= 0.3 is 0 Å². The summed E-state index contributed by atoms with van der Waals surface area (Å²) in [6.07, 6.45) is 12.2. The number of thioether (sulfide) groups is 1. The van der Waals surface area contributed by atoms with Crippen LogP contribution in [0, 0.1) is 0 Å². The second kappa shape index (κ2) is 20.1. The maximum Gasteiger partial charge on any atom is 0.0540 e. The topological polar surface area (TPSA) is 6.48 Å². The van der Waals surface area contributed by atoms with E-state index in [1.54, 1.807) is 11.3 Å². The van der Waals surface area contributed by atoms with Gasteiger partial charge < -0.3 is 9.80 Å². The van der Waals surface area contributed by atoms with Crippen molar-refractivity contribution in [3.8, 4) is 21.6 Å². The molecule has 0 bridgehead atoms. The third-order valence-electron chi connectivity index (χ3n) is 12.5. The van der Waals surface area contributed by atoms with Crippen molar-refractivity contribution in [3.05, 3.63) is 271 Å². The molecule has 2 aliphatic rings. The summed E-state index contributed by atoms with van der Waals surface area (Å²) in [4.78, 5) is 9.84. The van der Waals surface area contributed by atoms with Crippen molar-refractivity contribution in [2.24, 2.45) is 0 Å². The second-order valence-electron chi connectivity index (χ2n) is 16.5. The first kappa shape index (κ1) is 44.2. The molecule has 1 aromatic heterocycles. The third-order valence-corrected chi connectivity index (χ3v) is 14.9. The molecule has 0 saturated carbocycles. The normalized spacial score (nSPS) is 13.0. The molecule has 0 spiro atoms. The summed E-state index contributed by atoms with van der Waals surface area (Å²) >= 11 is 3.65. The Morgan fingerprint density at radius 3 is 1.84 bits per heavy atom. The summed E-state index contributed by atoms with van der Waals surface area (Å²) in [5.41, 5.74) is 16.7. The lowest BCUT2D eigenvalue weighted by molar-refractivity contribution is 1.09. The van der Waals surface area contributed by atoms with Gasteiger partial charge in [-0.1, -0.05) is 190 Å². The lowest BCUT2D eigenvalue weighted by Crippen LogP contribution is -2.18. The number of allylic oxidation sites excluding steroid dienone is 6. The van der Waals surface area contributed by atoms with Crippen molar-refractivity contribution >= 4 is 83.4 Å². The molecule has 330 valence electrons. The van der Waals surface area contributed by atoms with Gasteiger partial charge in [-0.3, -0.25) is 0 Å². The van der Waals surface area contributed by atoms with Crippen LogP contribution in [0.15, 0.2) is 244 Å². The Hall–Kier alpha value is -7.63. The van der Waals surface area contributed by atoms with Gasteiger partial charge in [0, 0.05) is 59.8 Å². The van der Waals surface area contributed by atoms with Crippen molar-refractivity contribution in [2.75, 3.05) is 9.80 Å². The molecule has 0 amide bonds. The van der Waals surface area contributed by atoms with Gasteiger partial charge in [0.1, 0.15) is 0 Å². The molecule has 0 unspecified atom stereocenters. The number of hydrogen-bond acceptors (Lipinski definition) is 4. The second-order valence-corrected chi connectivity index (χ2v) is 18.7. The van der Waals surface area contributed by atoms with E-state index in [1.807, 2.05) is 43.8 Å². The predicted octanol–water partition coefficient (Wildman–Crippen LogP) is 19.4. The van der Waals surface area contributed by atoms with Gasteiger partial charge in [0.25, 0.3) is 0 Å². The van der Waals surface area contributed by atoms with E-state index in [0.717, 1.165) is 41.2 Å². The Morgan fingerprint density at radius 1 is 0.544 bits per heavy atom. The Bertz CT molecular complexity index is 3350. The first-order chi connectivity index (χ1) is 33.6. The number of nitrogens with zero attached hydrogens (tertiary/aromatic N) is 2. The fourth-order valence-electron chi connectivity index (χ4n) is 9.28. The van der Waals surface area contributed by atoms with Crippen molar-refractivity contribution < 1.29 is 0 Å². The van der Waals surface area contributed by atoms with E-state index in [4.69, 9.17) is 0 Å². The van der Waals surface area contributed by atoms with Crippen LogP contribution in [0.4, 0.5) is 34.1 Å². The molecule has 0 saturated heterocycles. The van der Waals surface area contributed by atoms with Crippen LogP contribution in [0.1, 0.15) is 47.4 Å². The highest BCUT2D eigenvalue weighted by Crippen LogP contribution is 2.49. The van der Waals surface area contributed by atoms with Crippen molar-refractivity contribution in [3.63, 3.8) is 0 Å². The van der Waals surface area contributed by atoms with Crippen molar-refractivity contribution in [1.82, 2.24) is 0 Å². The zero-order valence-corrected chi connectivity index (χ0v) is 40.1. The molecule has 68 heavy (non-hydrogen) atoms. The molecule has 0 atom stereocenters. The maximum atomic E-state index is 4.05. The fraction of sp³-hybridized carbons (Fsp3) is 0.0625. The molecular formula is C64H52N2S2. The van der Waals surface area contributed by atoms with Gasteiger partial charge in [-0.15, -0.1) is 11.3 Å². The molecule has 8 aromatic carbocycles. The smallest absolute Gasteiger partial charge is 0.0540 e. The summed E-state index contributed by atoms with van der Waals surface area (Å²) in [5, 5.41) is 2.44. The molecule has 0 radical (unpaired) electrons. The summed E-state index contributed by atoms with van der Waals surface area (Å²) in [6, 6.07) is 73.2. The van der Waals surface area contributed by atoms with Crippen LogP contribution in [-0.4, -0.2) is 0 Å². The average Bonchev–Trinajstić information content (AvgIpc) is 3.91. The monoisotopic (exact) mass is 912 g/mol. The number of fused-ring (bicyclic) bond motifs is 3. The summed E-state index contributed by atoms with van der Waals surface area (Å²) in [6.45, 7) is 12.0. The lowest BCUT2D eigenvalue weighted by Gasteiger charge is -2.34. The first-order valence-corrected chi connectivity index (χ1v) is 25.0. The van der Waals surface area contributed by atoms with E-state index in [1.165, 1.54) is 80.7 Å². The van der Waals surface area contributed by atoms with Gasteiger partial charge in [-0.2, -0.15) is 0 Å². The molecule has 0 N–H and O–H groups in total. The molecule has 11 rings (SSSR count). The van der Waals surface area contributed by atoms with Crippen LogP contribution < -0.4 is 9.80 Å². The zero-order valence-electron chi connectivity index (χ0n) is 38.5.